The lowest BCUT2D eigenvalue weighted by atomic mass is 10.00. The summed E-state index contributed by atoms with van der Waals surface area (Å²) in [6.45, 7) is 7.90. The van der Waals surface area contributed by atoms with Gasteiger partial charge >= 0.3 is 0 Å². The van der Waals surface area contributed by atoms with Gasteiger partial charge in [-0.05, 0) is 51.3 Å². The first-order chi connectivity index (χ1) is 9.60. The molecule has 1 aliphatic heterocycles. The monoisotopic (exact) mass is 274 g/mol. The fourth-order valence-corrected chi connectivity index (χ4v) is 3.06. The third kappa shape index (κ3) is 3.83. The molecular weight excluding hydrogens is 248 g/mol. The van der Waals surface area contributed by atoms with Crippen molar-refractivity contribution >= 4 is 11.6 Å². The zero-order valence-corrected chi connectivity index (χ0v) is 12.9. The van der Waals surface area contributed by atoms with Crippen LogP contribution in [0.2, 0.25) is 0 Å². The molecule has 1 N–H and O–H groups in total. The molecule has 0 saturated carbocycles. The van der Waals surface area contributed by atoms with Gasteiger partial charge in [-0.15, -0.1) is 0 Å². The molecule has 1 aromatic carbocycles. The van der Waals surface area contributed by atoms with Crippen molar-refractivity contribution in [1.82, 2.24) is 4.90 Å². The molecule has 0 aromatic heterocycles. The van der Waals surface area contributed by atoms with Crippen LogP contribution in [-0.2, 0) is 4.79 Å². The number of benzene rings is 1. The summed E-state index contributed by atoms with van der Waals surface area (Å²) < 4.78 is 0. The number of likely N-dealkylation sites (tertiary alicyclic amines) is 1. The zero-order chi connectivity index (χ0) is 14.5. The standard InChI is InChI=1S/C17H26N2O/c1-4-15-7-5-6-10-19(15)12-17(20)18-16-9-8-13(2)11-14(16)3/h8-9,11,15H,4-7,10,12H2,1-3H3,(H,18,20). The molecular formula is C17H26N2O. The predicted molar refractivity (Wildman–Crippen MR) is 84.0 cm³/mol. The third-order valence-corrected chi connectivity index (χ3v) is 4.22. The first kappa shape index (κ1) is 15.0. The van der Waals surface area contributed by atoms with Gasteiger partial charge in [0.15, 0.2) is 0 Å². The Labute approximate surface area is 122 Å². The van der Waals surface area contributed by atoms with Gasteiger partial charge in [0, 0.05) is 11.7 Å². The molecule has 0 radical (unpaired) electrons. The fraction of sp³-hybridized carbons (Fsp3) is 0.588. The van der Waals surface area contributed by atoms with Crippen LogP contribution in [0, 0.1) is 13.8 Å². The molecule has 20 heavy (non-hydrogen) atoms. The molecule has 1 amide bonds. The van der Waals surface area contributed by atoms with E-state index in [0.29, 0.717) is 12.6 Å². The highest BCUT2D eigenvalue weighted by Gasteiger charge is 2.22. The summed E-state index contributed by atoms with van der Waals surface area (Å²) in [4.78, 5) is 14.6. The lowest BCUT2D eigenvalue weighted by Crippen LogP contribution is -2.43. The minimum absolute atomic E-state index is 0.109. The summed E-state index contributed by atoms with van der Waals surface area (Å²) in [6, 6.07) is 6.72. The van der Waals surface area contributed by atoms with Crippen LogP contribution in [0.25, 0.3) is 0 Å². The van der Waals surface area contributed by atoms with Crippen molar-refractivity contribution in [2.75, 3.05) is 18.4 Å². The van der Waals surface area contributed by atoms with E-state index in [-0.39, 0.29) is 5.91 Å². The average Bonchev–Trinajstić information content (AvgIpc) is 2.42. The molecule has 0 aliphatic carbocycles. The number of anilines is 1. The molecule has 1 unspecified atom stereocenters. The van der Waals surface area contributed by atoms with Crippen LogP contribution < -0.4 is 5.32 Å². The van der Waals surface area contributed by atoms with Crippen molar-refractivity contribution in [2.45, 2.75) is 52.5 Å². The molecule has 1 aromatic rings. The molecule has 0 spiro atoms. The van der Waals surface area contributed by atoms with Gasteiger partial charge in [-0.25, -0.2) is 0 Å². The smallest absolute Gasteiger partial charge is 0.238 e. The fourth-order valence-electron chi connectivity index (χ4n) is 3.06. The van der Waals surface area contributed by atoms with Gasteiger partial charge in [0.25, 0.3) is 0 Å². The van der Waals surface area contributed by atoms with Gasteiger partial charge in [-0.3, -0.25) is 9.69 Å². The largest absolute Gasteiger partial charge is 0.325 e. The van der Waals surface area contributed by atoms with Crippen molar-refractivity contribution in [3.05, 3.63) is 29.3 Å². The number of nitrogens with one attached hydrogen (secondary N) is 1. The van der Waals surface area contributed by atoms with Gasteiger partial charge in [0.1, 0.15) is 0 Å². The van der Waals surface area contributed by atoms with E-state index in [1.165, 1.54) is 24.8 Å². The summed E-state index contributed by atoms with van der Waals surface area (Å²) in [5.41, 5.74) is 3.29. The first-order valence-corrected chi connectivity index (χ1v) is 7.71. The van der Waals surface area contributed by atoms with Gasteiger partial charge in [0.05, 0.1) is 6.54 Å². The molecule has 0 bridgehead atoms. The van der Waals surface area contributed by atoms with Crippen molar-refractivity contribution in [3.63, 3.8) is 0 Å². The third-order valence-electron chi connectivity index (χ3n) is 4.22. The summed E-state index contributed by atoms with van der Waals surface area (Å²) in [6.07, 6.45) is 4.88. The summed E-state index contributed by atoms with van der Waals surface area (Å²) >= 11 is 0. The number of piperidine rings is 1. The number of aryl methyl sites for hydroxylation is 2. The maximum atomic E-state index is 12.2. The van der Waals surface area contributed by atoms with Gasteiger partial charge in [-0.2, -0.15) is 0 Å². The molecule has 110 valence electrons. The quantitative estimate of drug-likeness (QED) is 0.911. The lowest BCUT2D eigenvalue weighted by molar-refractivity contribution is -0.118. The van der Waals surface area contributed by atoms with Crippen molar-refractivity contribution in [1.29, 1.82) is 0 Å². The molecule has 1 atom stereocenters. The summed E-state index contributed by atoms with van der Waals surface area (Å²) in [7, 11) is 0. The predicted octanol–water partition coefficient (Wildman–Crippen LogP) is 3.51. The van der Waals surface area contributed by atoms with E-state index in [9.17, 15) is 4.79 Å². The Morgan fingerprint density at radius 2 is 2.15 bits per heavy atom. The SMILES string of the molecule is CCC1CCCCN1CC(=O)Nc1ccc(C)cc1C. The van der Waals surface area contributed by atoms with Crippen LogP contribution in [-0.4, -0.2) is 29.9 Å². The number of rotatable bonds is 4. The van der Waals surface area contributed by atoms with E-state index in [1.54, 1.807) is 0 Å². The van der Waals surface area contributed by atoms with E-state index in [1.807, 2.05) is 19.1 Å². The van der Waals surface area contributed by atoms with Crippen LogP contribution in [0.1, 0.15) is 43.7 Å². The topological polar surface area (TPSA) is 32.3 Å². The Morgan fingerprint density at radius 3 is 2.85 bits per heavy atom. The Kier molecular flexibility index (Phi) is 5.18. The van der Waals surface area contributed by atoms with E-state index >= 15 is 0 Å². The number of hydrogen-bond donors (Lipinski definition) is 1. The number of nitrogens with zero attached hydrogens (tertiary/aromatic N) is 1. The van der Waals surface area contributed by atoms with Crippen LogP contribution in [0.15, 0.2) is 18.2 Å². The Balaban J connectivity index is 1.94. The highest BCUT2D eigenvalue weighted by molar-refractivity contribution is 5.93. The molecule has 3 heteroatoms. The normalized spacial score (nSPS) is 19.9. The molecule has 2 rings (SSSR count). The molecule has 1 heterocycles. The van der Waals surface area contributed by atoms with Gasteiger partial charge in [0.2, 0.25) is 5.91 Å². The summed E-state index contributed by atoms with van der Waals surface area (Å²) in [5.74, 6) is 0.109. The zero-order valence-electron chi connectivity index (χ0n) is 12.9. The number of amides is 1. The summed E-state index contributed by atoms with van der Waals surface area (Å²) in [5, 5.41) is 3.05. The van der Waals surface area contributed by atoms with Crippen molar-refractivity contribution in [3.8, 4) is 0 Å². The number of carbonyl (C=O) groups excluding carboxylic acids is 1. The lowest BCUT2D eigenvalue weighted by Gasteiger charge is -2.34. The van der Waals surface area contributed by atoms with E-state index < -0.39 is 0 Å². The highest BCUT2D eigenvalue weighted by atomic mass is 16.2. The maximum Gasteiger partial charge on any atom is 0.238 e. The highest BCUT2D eigenvalue weighted by Crippen LogP contribution is 2.20. The van der Waals surface area contributed by atoms with Crippen LogP contribution in [0.5, 0.6) is 0 Å². The van der Waals surface area contributed by atoms with E-state index in [4.69, 9.17) is 0 Å². The first-order valence-electron chi connectivity index (χ1n) is 7.71. The molecule has 3 nitrogen and oxygen atoms in total. The minimum atomic E-state index is 0.109. The molecule has 1 aliphatic rings. The van der Waals surface area contributed by atoms with Crippen LogP contribution in [0.4, 0.5) is 5.69 Å². The van der Waals surface area contributed by atoms with Gasteiger partial charge < -0.3 is 5.32 Å². The average molecular weight is 274 g/mol. The second-order valence-corrected chi connectivity index (χ2v) is 5.89. The Bertz CT molecular complexity index is 470. The molecule has 1 fully saturated rings. The number of carbonyl (C=O) groups is 1. The molecule has 1 saturated heterocycles. The number of hydrogen-bond acceptors (Lipinski definition) is 2. The Hall–Kier alpha value is -1.35. The van der Waals surface area contributed by atoms with E-state index in [2.05, 4.69) is 30.1 Å². The van der Waals surface area contributed by atoms with Crippen molar-refractivity contribution in [2.24, 2.45) is 0 Å². The van der Waals surface area contributed by atoms with Gasteiger partial charge in [-0.1, -0.05) is 31.0 Å². The van der Waals surface area contributed by atoms with Crippen molar-refractivity contribution < 1.29 is 4.79 Å². The van der Waals surface area contributed by atoms with Crippen LogP contribution >= 0.6 is 0 Å². The minimum Gasteiger partial charge on any atom is -0.325 e. The van der Waals surface area contributed by atoms with E-state index in [0.717, 1.165) is 24.2 Å². The Morgan fingerprint density at radius 1 is 1.35 bits per heavy atom. The second-order valence-electron chi connectivity index (χ2n) is 5.89. The van der Waals surface area contributed by atoms with Crippen LogP contribution in [0.3, 0.4) is 0 Å². The second kappa shape index (κ2) is 6.89. The maximum absolute atomic E-state index is 12.2.